The highest BCUT2D eigenvalue weighted by molar-refractivity contribution is 6.30. The van der Waals surface area contributed by atoms with E-state index in [1.54, 1.807) is 25.1 Å². The SMILES string of the molecule is Cc1cccc(OCc2ccc(Cl)c(F)c2)c1F. The van der Waals surface area contributed by atoms with Gasteiger partial charge in [0.2, 0.25) is 0 Å². The highest BCUT2D eigenvalue weighted by Crippen LogP contribution is 2.22. The highest BCUT2D eigenvalue weighted by atomic mass is 35.5. The molecule has 0 atom stereocenters. The Morgan fingerprint density at radius 2 is 1.94 bits per heavy atom. The van der Waals surface area contributed by atoms with Crippen LogP contribution in [0.2, 0.25) is 5.02 Å². The van der Waals surface area contributed by atoms with Gasteiger partial charge in [0.15, 0.2) is 11.6 Å². The van der Waals surface area contributed by atoms with Crippen molar-refractivity contribution in [3.05, 3.63) is 64.2 Å². The Hall–Kier alpha value is -1.61. The van der Waals surface area contributed by atoms with Crippen molar-refractivity contribution in [2.75, 3.05) is 0 Å². The summed E-state index contributed by atoms with van der Waals surface area (Å²) in [5, 5.41) is 0.0560. The summed E-state index contributed by atoms with van der Waals surface area (Å²) < 4.78 is 32.1. The van der Waals surface area contributed by atoms with E-state index in [0.29, 0.717) is 11.1 Å². The summed E-state index contributed by atoms with van der Waals surface area (Å²) in [5.41, 5.74) is 1.10. The molecule has 0 aliphatic rings. The van der Waals surface area contributed by atoms with Crippen molar-refractivity contribution in [3.8, 4) is 5.75 Å². The van der Waals surface area contributed by atoms with E-state index >= 15 is 0 Å². The molecule has 0 spiro atoms. The molecule has 4 heteroatoms. The van der Waals surface area contributed by atoms with Gasteiger partial charge in [0.1, 0.15) is 12.4 Å². The summed E-state index contributed by atoms with van der Waals surface area (Å²) in [7, 11) is 0. The van der Waals surface area contributed by atoms with E-state index in [4.69, 9.17) is 16.3 Å². The second-order valence-corrected chi connectivity index (χ2v) is 4.33. The molecular formula is C14H11ClF2O. The predicted octanol–water partition coefficient (Wildman–Crippen LogP) is 4.51. The Morgan fingerprint density at radius 3 is 2.67 bits per heavy atom. The van der Waals surface area contributed by atoms with Gasteiger partial charge in [-0.2, -0.15) is 0 Å². The maximum Gasteiger partial charge on any atom is 0.167 e. The number of rotatable bonds is 3. The van der Waals surface area contributed by atoms with E-state index in [2.05, 4.69) is 0 Å². The standard InChI is InChI=1S/C14H11ClF2O/c1-9-3-2-4-13(14(9)17)18-8-10-5-6-11(15)12(16)7-10/h2-7H,8H2,1H3. The van der Waals surface area contributed by atoms with Gasteiger partial charge in [0.25, 0.3) is 0 Å². The van der Waals surface area contributed by atoms with Crippen LogP contribution in [0.25, 0.3) is 0 Å². The summed E-state index contributed by atoms with van der Waals surface area (Å²) in [6, 6.07) is 9.26. The van der Waals surface area contributed by atoms with Crippen molar-refractivity contribution in [3.63, 3.8) is 0 Å². The number of hydrogen-bond donors (Lipinski definition) is 0. The predicted molar refractivity (Wildman–Crippen MR) is 66.9 cm³/mol. The molecule has 1 nitrogen and oxygen atoms in total. The number of benzene rings is 2. The minimum atomic E-state index is -0.512. The van der Waals surface area contributed by atoms with Gasteiger partial charge in [-0.1, -0.05) is 29.8 Å². The van der Waals surface area contributed by atoms with Gasteiger partial charge in [-0.15, -0.1) is 0 Å². The normalized spacial score (nSPS) is 10.4. The van der Waals surface area contributed by atoms with Gasteiger partial charge in [0, 0.05) is 0 Å². The van der Waals surface area contributed by atoms with E-state index in [1.807, 2.05) is 0 Å². The zero-order valence-corrected chi connectivity index (χ0v) is 10.5. The summed E-state index contributed by atoms with van der Waals surface area (Å²) in [5.74, 6) is -0.750. The first-order valence-corrected chi connectivity index (χ1v) is 5.77. The van der Waals surface area contributed by atoms with Crippen molar-refractivity contribution < 1.29 is 13.5 Å². The molecule has 0 unspecified atom stereocenters. The molecule has 2 aromatic rings. The maximum atomic E-state index is 13.6. The number of halogens is 3. The van der Waals surface area contributed by atoms with E-state index in [-0.39, 0.29) is 17.4 Å². The molecule has 0 fully saturated rings. The van der Waals surface area contributed by atoms with E-state index < -0.39 is 11.6 Å². The summed E-state index contributed by atoms with van der Waals surface area (Å²) >= 11 is 5.57. The van der Waals surface area contributed by atoms with Crippen molar-refractivity contribution in [1.82, 2.24) is 0 Å². The molecule has 0 aliphatic carbocycles. The van der Waals surface area contributed by atoms with Gasteiger partial charge in [0.05, 0.1) is 5.02 Å². The minimum absolute atomic E-state index is 0.0560. The van der Waals surface area contributed by atoms with Crippen molar-refractivity contribution >= 4 is 11.6 Å². The first-order chi connectivity index (χ1) is 8.58. The van der Waals surface area contributed by atoms with Crippen LogP contribution in [-0.2, 0) is 6.61 Å². The first kappa shape index (κ1) is 12.8. The highest BCUT2D eigenvalue weighted by Gasteiger charge is 2.07. The van der Waals surface area contributed by atoms with Gasteiger partial charge in [-0.3, -0.25) is 0 Å². The third kappa shape index (κ3) is 2.79. The van der Waals surface area contributed by atoms with Crippen LogP contribution in [0.15, 0.2) is 36.4 Å². The van der Waals surface area contributed by atoms with Crippen molar-refractivity contribution in [2.45, 2.75) is 13.5 Å². The van der Waals surface area contributed by atoms with Crippen LogP contribution >= 0.6 is 11.6 Å². The van der Waals surface area contributed by atoms with Crippen LogP contribution in [0.4, 0.5) is 8.78 Å². The Balaban J connectivity index is 2.11. The maximum absolute atomic E-state index is 13.6. The molecule has 0 bridgehead atoms. The lowest BCUT2D eigenvalue weighted by molar-refractivity contribution is 0.289. The molecule has 2 rings (SSSR count). The Labute approximate surface area is 109 Å². The first-order valence-electron chi connectivity index (χ1n) is 5.40. The average molecular weight is 269 g/mol. The number of hydrogen-bond acceptors (Lipinski definition) is 1. The molecule has 94 valence electrons. The van der Waals surface area contributed by atoms with Gasteiger partial charge in [-0.05, 0) is 36.2 Å². The molecule has 0 saturated heterocycles. The summed E-state index contributed by atoms with van der Waals surface area (Å²) in [6.45, 7) is 1.75. The molecule has 0 saturated carbocycles. The third-order valence-corrected chi connectivity index (χ3v) is 2.84. The second-order valence-electron chi connectivity index (χ2n) is 3.92. The largest absolute Gasteiger partial charge is 0.486 e. The third-order valence-electron chi connectivity index (χ3n) is 2.53. The number of ether oxygens (including phenoxy) is 1. The molecule has 0 heterocycles. The Bertz CT molecular complexity index is 570. The second kappa shape index (κ2) is 5.36. The molecule has 0 radical (unpaired) electrons. The molecule has 0 N–H and O–H groups in total. The van der Waals surface area contributed by atoms with E-state index in [0.717, 1.165) is 0 Å². The van der Waals surface area contributed by atoms with Gasteiger partial charge < -0.3 is 4.74 Å². The lowest BCUT2D eigenvalue weighted by Gasteiger charge is -2.09. The van der Waals surface area contributed by atoms with Crippen molar-refractivity contribution in [2.24, 2.45) is 0 Å². The summed E-state index contributed by atoms with van der Waals surface area (Å²) in [4.78, 5) is 0. The lowest BCUT2D eigenvalue weighted by Crippen LogP contribution is -1.99. The van der Waals surface area contributed by atoms with Crippen LogP contribution in [0.1, 0.15) is 11.1 Å². The van der Waals surface area contributed by atoms with Crippen LogP contribution in [0.5, 0.6) is 5.75 Å². The van der Waals surface area contributed by atoms with E-state index in [1.165, 1.54) is 18.2 Å². The fourth-order valence-corrected chi connectivity index (χ4v) is 1.64. The minimum Gasteiger partial charge on any atom is -0.486 e. The molecule has 0 aromatic heterocycles. The van der Waals surface area contributed by atoms with Crippen LogP contribution < -0.4 is 4.74 Å². The van der Waals surface area contributed by atoms with Gasteiger partial charge in [-0.25, -0.2) is 8.78 Å². The van der Waals surface area contributed by atoms with Crippen LogP contribution in [-0.4, -0.2) is 0 Å². The Kier molecular flexibility index (Phi) is 3.82. The van der Waals surface area contributed by atoms with Crippen LogP contribution in [0.3, 0.4) is 0 Å². The molecule has 0 amide bonds. The van der Waals surface area contributed by atoms with Gasteiger partial charge >= 0.3 is 0 Å². The number of aryl methyl sites for hydroxylation is 1. The topological polar surface area (TPSA) is 9.23 Å². The fraction of sp³-hybridized carbons (Fsp3) is 0.143. The fourth-order valence-electron chi connectivity index (χ4n) is 1.52. The molecule has 0 aliphatic heterocycles. The zero-order chi connectivity index (χ0) is 13.1. The molecule has 18 heavy (non-hydrogen) atoms. The molecular weight excluding hydrogens is 258 g/mol. The average Bonchev–Trinajstić information content (AvgIpc) is 2.35. The smallest absolute Gasteiger partial charge is 0.167 e. The van der Waals surface area contributed by atoms with E-state index in [9.17, 15) is 8.78 Å². The monoisotopic (exact) mass is 268 g/mol. The Morgan fingerprint density at radius 1 is 1.17 bits per heavy atom. The van der Waals surface area contributed by atoms with Crippen LogP contribution in [0, 0.1) is 18.6 Å². The summed E-state index contributed by atoms with van der Waals surface area (Å²) in [6.07, 6.45) is 0. The zero-order valence-electron chi connectivity index (χ0n) is 9.71. The quantitative estimate of drug-likeness (QED) is 0.796. The lowest BCUT2D eigenvalue weighted by atomic mass is 10.2. The van der Waals surface area contributed by atoms with Crippen molar-refractivity contribution in [1.29, 1.82) is 0 Å². The molecule has 2 aromatic carbocycles.